The van der Waals surface area contributed by atoms with Crippen LogP contribution in [0, 0.1) is 0 Å². The molecule has 1 unspecified atom stereocenters. The van der Waals surface area contributed by atoms with Gasteiger partial charge in [0.25, 0.3) is 0 Å². The number of carbonyl (C=O) groups excluding carboxylic acids is 3. The number of allylic oxidation sites excluding steroid dienone is 6. The second kappa shape index (κ2) is 67.1. The topological polar surface area (TPSA) is 78.9 Å². The molecule has 1 atom stereocenters. The Balaban J connectivity index is 4.14. The molecule has 0 aromatic rings. The first-order chi connectivity index (χ1) is 38.5. The van der Waals surface area contributed by atoms with Crippen LogP contribution < -0.4 is 0 Å². The molecule has 0 bridgehead atoms. The molecule has 0 aliphatic heterocycles. The maximum atomic E-state index is 12.9. The Morgan fingerprint density at radius 1 is 0.244 bits per heavy atom. The minimum absolute atomic E-state index is 0.0711. The van der Waals surface area contributed by atoms with Gasteiger partial charge in [-0.25, -0.2) is 0 Å². The van der Waals surface area contributed by atoms with Crippen LogP contribution in [0.2, 0.25) is 0 Å². The summed E-state index contributed by atoms with van der Waals surface area (Å²) >= 11 is 0. The van der Waals surface area contributed by atoms with E-state index in [2.05, 4.69) is 57.2 Å². The van der Waals surface area contributed by atoms with Crippen LogP contribution in [0.5, 0.6) is 0 Å². The second-order valence-electron chi connectivity index (χ2n) is 23.8. The molecule has 0 saturated carbocycles. The smallest absolute Gasteiger partial charge is 0.306 e. The number of ether oxygens (including phenoxy) is 3. The van der Waals surface area contributed by atoms with Crippen molar-refractivity contribution in [2.45, 2.75) is 393 Å². The first-order valence-corrected chi connectivity index (χ1v) is 35.0. The maximum absolute atomic E-state index is 12.9. The molecule has 0 aliphatic rings. The van der Waals surface area contributed by atoms with Gasteiger partial charge in [-0.05, 0) is 89.9 Å². The molecule has 6 nitrogen and oxygen atoms in total. The molecule has 0 spiro atoms. The molecule has 0 amide bonds. The number of rotatable bonds is 65. The Kier molecular flexibility index (Phi) is 65.1. The molecule has 6 heteroatoms. The Morgan fingerprint density at radius 3 is 0.692 bits per heavy atom. The maximum Gasteiger partial charge on any atom is 0.306 e. The average Bonchev–Trinajstić information content (AvgIpc) is 3.44. The predicted octanol–water partition coefficient (Wildman–Crippen LogP) is 23.9. The summed E-state index contributed by atoms with van der Waals surface area (Å²) in [6.45, 7) is 6.64. The van der Waals surface area contributed by atoms with Crippen LogP contribution in [0.1, 0.15) is 387 Å². The highest BCUT2D eigenvalue weighted by Gasteiger charge is 2.19. The molecule has 0 saturated heterocycles. The molecule has 0 fully saturated rings. The van der Waals surface area contributed by atoms with E-state index in [9.17, 15) is 14.4 Å². The van der Waals surface area contributed by atoms with Gasteiger partial charge in [-0.15, -0.1) is 0 Å². The van der Waals surface area contributed by atoms with Gasteiger partial charge in [-0.3, -0.25) is 14.4 Å². The van der Waals surface area contributed by atoms with Gasteiger partial charge in [0.2, 0.25) is 0 Å². The van der Waals surface area contributed by atoms with Gasteiger partial charge < -0.3 is 14.2 Å². The van der Waals surface area contributed by atoms with Crippen LogP contribution in [0.4, 0.5) is 0 Å². The van der Waals surface area contributed by atoms with Gasteiger partial charge in [0.15, 0.2) is 6.10 Å². The molecule has 78 heavy (non-hydrogen) atoms. The monoisotopic (exact) mass is 1100 g/mol. The van der Waals surface area contributed by atoms with E-state index < -0.39 is 6.10 Å². The van der Waals surface area contributed by atoms with Crippen molar-refractivity contribution in [1.82, 2.24) is 0 Å². The SMILES string of the molecule is CCC/C=C\CCCCCCCC(=O)OCC(COC(=O)CCCCCCCCCCCCCCCCC/C=C\CCCCCCCCCC)OC(=O)CCCCCCCCCCCCC/C=C\CCCCCCCCCC. The minimum Gasteiger partial charge on any atom is -0.462 e. The van der Waals surface area contributed by atoms with Gasteiger partial charge in [0, 0.05) is 19.3 Å². The summed E-state index contributed by atoms with van der Waals surface area (Å²) in [6.07, 6.45) is 83.3. The van der Waals surface area contributed by atoms with E-state index in [1.54, 1.807) is 0 Å². The lowest BCUT2D eigenvalue weighted by molar-refractivity contribution is -0.167. The molecule has 0 aromatic heterocycles. The number of hydrogen-bond donors (Lipinski definition) is 0. The molecular weight excluding hydrogens is 961 g/mol. The van der Waals surface area contributed by atoms with Gasteiger partial charge in [0.05, 0.1) is 0 Å². The molecule has 0 aromatic carbocycles. The fraction of sp³-hybridized carbons (Fsp3) is 0.875. The van der Waals surface area contributed by atoms with E-state index in [4.69, 9.17) is 14.2 Å². The van der Waals surface area contributed by atoms with Crippen molar-refractivity contribution < 1.29 is 28.6 Å². The highest BCUT2D eigenvalue weighted by atomic mass is 16.6. The highest BCUT2D eigenvalue weighted by molar-refractivity contribution is 5.71. The first-order valence-electron chi connectivity index (χ1n) is 35.0. The fourth-order valence-corrected chi connectivity index (χ4v) is 10.6. The lowest BCUT2D eigenvalue weighted by Crippen LogP contribution is -2.30. The second-order valence-corrected chi connectivity index (χ2v) is 23.8. The number of carbonyl (C=O) groups is 3. The number of unbranched alkanes of at least 4 members (excludes halogenated alkanes) is 48. The van der Waals surface area contributed by atoms with Crippen molar-refractivity contribution in [2.75, 3.05) is 13.2 Å². The van der Waals surface area contributed by atoms with Crippen molar-refractivity contribution in [1.29, 1.82) is 0 Å². The van der Waals surface area contributed by atoms with Crippen LogP contribution >= 0.6 is 0 Å². The molecule has 0 aliphatic carbocycles. The van der Waals surface area contributed by atoms with Gasteiger partial charge in [0.1, 0.15) is 13.2 Å². The molecular formula is C72H134O6. The number of hydrogen-bond acceptors (Lipinski definition) is 6. The number of esters is 3. The Labute approximate surface area is 486 Å². The van der Waals surface area contributed by atoms with Crippen molar-refractivity contribution in [2.24, 2.45) is 0 Å². The lowest BCUT2D eigenvalue weighted by Gasteiger charge is -2.18. The van der Waals surface area contributed by atoms with Crippen LogP contribution in [-0.2, 0) is 28.6 Å². The summed E-state index contributed by atoms with van der Waals surface area (Å²) in [5, 5.41) is 0. The van der Waals surface area contributed by atoms with E-state index in [1.807, 2.05) is 0 Å². The standard InChI is InChI=1S/C72H134O6/c1-4-7-10-13-16-19-22-24-26-28-30-32-34-35-36-37-39-40-42-44-46-48-50-53-56-59-62-65-71(74)77-68-69(67-76-70(73)64-61-58-55-52-21-18-15-12-9-6-3)78-72(75)66-63-60-57-54-51-49-47-45-43-41-38-33-31-29-27-25-23-20-17-14-11-8-5-2/h12,15,28-31,69H,4-11,13-14,16-27,32-68H2,1-3H3/b15-12-,30-28-,31-29-. The van der Waals surface area contributed by atoms with E-state index in [0.717, 1.165) is 70.6 Å². The summed E-state index contributed by atoms with van der Waals surface area (Å²) in [6, 6.07) is 0. The Hall–Kier alpha value is -2.37. The summed E-state index contributed by atoms with van der Waals surface area (Å²) in [7, 11) is 0. The van der Waals surface area contributed by atoms with Crippen molar-refractivity contribution in [3.63, 3.8) is 0 Å². The van der Waals surface area contributed by atoms with Crippen molar-refractivity contribution in [3.05, 3.63) is 36.5 Å². The summed E-state index contributed by atoms with van der Waals surface area (Å²) in [5.74, 6) is -0.859. The third kappa shape index (κ3) is 64.5. The molecule has 0 radical (unpaired) electrons. The van der Waals surface area contributed by atoms with E-state index in [-0.39, 0.29) is 31.1 Å². The Morgan fingerprint density at radius 2 is 0.449 bits per heavy atom. The van der Waals surface area contributed by atoms with Crippen LogP contribution in [0.25, 0.3) is 0 Å². The van der Waals surface area contributed by atoms with Gasteiger partial charge >= 0.3 is 17.9 Å². The summed E-state index contributed by atoms with van der Waals surface area (Å²) in [5.41, 5.74) is 0. The van der Waals surface area contributed by atoms with E-state index in [1.165, 1.54) is 276 Å². The third-order valence-electron chi connectivity index (χ3n) is 15.8. The summed E-state index contributed by atoms with van der Waals surface area (Å²) < 4.78 is 16.9. The van der Waals surface area contributed by atoms with E-state index in [0.29, 0.717) is 19.3 Å². The zero-order valence-electron chi connectivity index (χ0n) is 52.7. The lowest BCUT2D eigenvalue weighted by atomic mass is 10.0. The largest absolute Gasteiger partial charge is 0.462 e. The normalized spacial score (nSPS) is 12.2. The fourth-order valence-electron chi connectivity index (χ4n) is 10.6. The zero-order chi connectivity index (χ0) is 56.4. The predicted molar refractivity (Wildman–Crippen MR) is 339 cm³/mol. The van der Waals surface area contributed by atoms with Crippen LogP contribution in [0.3, 0.4) is 0 Å². The highest BCUT2D eigenvalue weighted by Crippen LogP contribution is 2.18. The average molecular weight is 1100 g/mol. The molecule has 0 heterocycles. The minimum atomic E-state index is -0.774. The Bertz CT molecular complexity index is 1300. The van der Waals surface area contributed by atoms with Crippen LogP contribution in [-0.4, -0.2) is 37.2 Å². The van der Waals surface area contributed by atoms with Gasteiger partial charge in [-0.1, -0.05) is 314 Å². The quantitative estimate of drug-likeness (QED) is 0.0261. The molecule has 0 N–H and O–H groups in total. The molecule has 0 rings (SSSR count). The van der Waals surface area contributed by atoms with Crippen molar-refractivity contribution >= 4 is 17.9 Å². The van der Waals surface area contributed by atoms with Crippen LogP contribution in [0.15, 0.2) is 36.5 Å². The zero-order valence-corrected chi connectivity index (χ0v) is 52.7. The first kappa shape index (κ1) is 75.6. The van der Waals surface area contributed by atoms with Crippen molar-refractivity contribution in [3.8, 4) is 0 Å². The van der Waals surface area contributed by atoms with E-state index >= 15 is 0 Å². The van der Waals surface area contributed by atoms with Gasteiger partial charge in [-0.2, -0.15) is 0 Å². The third-order valence-corrected chi connectivity index (χ3v) is 15.8. The summed E-state index contributed by atoms with van der Waals surface area (Å²) in [4.78, 5) is 38.3. The molecule has 458 valence electrons.